The third kappa shape index (κ3) is 3.16. The molecule has 1 aromatic carbocycles. The van der Waals surface area contributed by atoms with Crippen molar-refractivity contribution in [1.29, 1.82) is 0 Å². The SMILES string of the molecule is CC(C(N)c1ccccc1)S(=O)(=O)C1CCOCC1. The summed E-state index contributed by atoms with van der Waals surface area (Å²) in [6.07, 6.45) is 1.16. The number of ether oxygens (including phenoxy) is 1. The molecule has 1 aromatic rings. The zero-order chi connectivity index (χ0) is 13.9. The van der Waals surface area contributed by atoms with E-state index in [1.54, 1.807) is 6.92 Å². The quantitative estimate of drug-likeness (QED) is 0.912. The van der Waals surface area contributed by atoms with Crippen LogP contribution in [0.1, 0.15) is 31.4 Å². The lowest BCUT2D eigenvalue weighted by Gasteiger charge is -2.28. The molecule has 0 aromatic heterocycles. The Bertz CT molecular complexity index is 495. The molecule has 1 aliphatic heterocycles. The number of hydrogen-bond acceptors (Lipinski definition) is 4. The van der Waals surface area contributed by atoms with Gasteiger partial charge in [-0.15, -0.1) is 0 Å². The molecule has 0 aliphatic carbocycles. The number of benzene rings is 1. The molecular weight excluding hydrogens is 262 g/mol. The molecule has 0 radical (unpaired) electrons. The fourth-order valence-electron chi connectivity index (χ4n) is 2.46. The number of sulfone groups is 1. The largest absolute Gasteiger partial charge is 0.381 e. The Morgan fingerprint density at radius 2 is 1.79 bits per heavy atom. The molecule has 2 N–H and O–H groups in total. The van der Waals surface area contributed by atoms with Crippen molar-refractivity contribution in [2.75, 3.05) is 13.2 Å². The van der Waals surface area contributed by atoms with E-state index in [1.807, 2.05) is 30.3 Å². The molecule has 19 heavy (non-hydrogen) atoms. The lowest BCUT2D eigenvalue weighted by molar-refractivity contribution is 0.0981. The summed E-state index contributed by atoms with van der Waals surface area (Å²) in [4.78, 5) is 0. The molecule has 2 unspecified atom stereocenters. The van der Waals surface area contributed by atoms with Crippen LogP contribution in [0.4, 0.5) is 0 Å². The number of nitrogens with two attached hydrogens (primary N) is 1. The van der Waals surface area contributed by atoms with Crippen LogP contribution < -0.4 is 5.73 Å². The molecule has 1 saturated heterocycles. The molecule has 0 saturated carbocycles. The highest BCUT2D eigenvalue weighted by Gasteiger charge is 2.36. The molecule has 0 amide bonds. The molecule has 1 aliphatic rings. The van der Waals surface area contributed by atoms with Crippen molar-refractivity contribution in [2.24, 2.45) is 5.73 Å². The molecule has 5 heteroatoms. The van der Waals surface area contributed by atoms with E-state index in [9.17, 15) is 8.42 Å². The van der Waals surface area contributed by atoms with Gasteiger partial charge in [-0.05, 0) is 25.3 Å². The average Bonchev–Trinajstić information content (AvgIpc) is 2.47. The summed E-state index contributed by atoms with van der Waals surface area (Å²) in [6.45, 7) is 2.76. The van der Waals surface area contributed by atoms with Gasteiger partial charge in [0.2, 0.25) is 0 Å². The summed E-state index contributed by atoms with van der Waals surface area (Å²) in [7, 11) is -3.21. The molecule has 0 spiro atoms. The lowest BCUT2D eigenvalue weighted by atomic mass is 10.1. The smallest absolute Gasteiger partial charge is 0.157 e. The van der Waals surface area contributed by atoms with Gasteiger partial charge in [0.25, 0.3) is 0 Å². The Labute approximate surface area is 114 Å². The summed E-state index contributed by atoms with van der Waals surface area (Å²) >= 11 is 0. The van der Waals surface area contributed by atoms with Crippen LogP contribution in [0.15, 0.2) is 30.3 Å². The van der Waals surface area contributed by atoms with Gasteiger partial charge in [-0.3, -0.25) is 0 Å². The van der Waals surface area contributed by atoms with E-state index >= 15 is 0 Å². The van der Waals surface area contributed by atoms with Crippen LogP contribution in [-0.2, 0) is 14.6 Å². The Morgan fingerprint density at radius 3 is 2.37 bits per heavy atom. The van der Waals surface area contributed by atoms with E-state index < -0.39 is 21.1 Å². The molecule has 0 bridgehead atoms. The molecule has 2 atom stereocenters. The highest BCUT2D eigenvalue weighted by atomic mass is 32.2. The summed E-state index contributed by atoms with van der Waals surface area (Å²) < 4.78 is 30.4. The maximum Gasteiger partial charge on any atom is 0.157 e. The molecule has 1 fully saturated rings. The van der Waals surface area contributed by atoms with Gasteiger partial charge in [-0.1, -0.05) is 30.3 Å². The van der Waals surface area contributed by atoms with Gasteiger partial charge in [0.05, 0.1) is 10.5 Å². The van der Waals surface area contributed by atoms with E-state index in [1.165, 1.54) is 0 Å². The normalized spacial score (nSPS) is 20.9. The van der Waals surface area contributed by atoms with Crippen LogP contribution in [0.3, 0.4) is 0 Å². The second kappa shape index (κ2) is 6.03. The second-order valence-electron chi connectivity index (χ2n) is 5.04. The summed E-state index contributed by atoms with van der Waals surface area (Å²) in [5.41, 5.74) is 6.99. The van der Waals surface area contributed by atoms with Crippen LogP contribution in [0, 0.1) is 0 Å². The fourth-order valence-corrected chi connectivity index (χ4v) is 4.48. The minimum atomic E-state index is -3.21. The topological polar surface area (TPSA) is 69.4 Å². The molecule has 4 nitrogen and oxygen atoms in total. The molecular formula is C14H21NO3S. The number of rotatable bonds is 4. The van der Waals surface area contributed by atoms with E-state index in [2.05, 4.69) is 0 Å². The maximum atomic E-state index is 12.6. The molecule has 1 heterocycles. The van der Waals surface area contributed by atoms with Crippen LogP contribution >= 0.6 is 0 Å². The first-order valence-electron chi connectivity index (χ1n) is 6.64. The molecule has 106 valence electrons. The first-order chi connectivity index (χ1) is 9.03. The zero-order valence-corrected chi connectivity index (χ0v) is 12.0. The van der Waals surface area contributed by atoms with Gasteiger partial charge in [-0.25, -0.2) is 8.42 Å². The van der Waals surface area contributed by atoms with Crippen molar-refractivity contribution < 1.29 is 13.2 Å². The van der Waals surface area contributed by atoms with Crippen molar-refractivity contribution in [3.8, 4) is 0 Å². The van der Waals surface area contributed by atoms with Crippen molar-refractivity contribution >= 4 is 9.84 Å². The zero-order valence-electron chi connectivity index (χ0n) is 11.2. The first kappa shape index (κ1) is 14.5. The summed E-state index contributed by atoms with van der Waals surface area (Å²) in [5, 5.41) is -0.885. The predicted octanol–water partition coefficient (Wildman–Crippen LogP) is 1.67. The van der Waals surface area contributed by atoms with Crippen molar-refractivity contribution in [2.45, 2.75) is 36.3 Å². The first-order valence-corrected chi connectivity index (χ1v) is 8.25. The minimum absolute atomic E-state index is 0.314. The summed E-state index contributed by atoms with van der Waals surface area (Å²) in [6, 6.07) is 8.93. The fraction of sp³-hybridized carbons (Fsp3) is 0.571. The standard InChI is InChI=1S/C14H21NO3S/c1-11(14(15)12-5-3-2-4-6-12)19(16,17)13-7-9-18-10-8-13/h2-6,11,13-14H,7-10,15H2,1H3. The van der Waals surface area contributed by atoms with Gasteiger partial charge in [0.15, 0.2) is 9.84 Å². The Kier molecular flexibility index (Phi) is 4.60. The van der Waals surface area contributed by atoms with Crippen molar-refractivity contribution in [1.82, 2.24) is 0 Å². The van der Waals surface area contributed by atoms with E-state index in [0.717, 1.165) is 5.56 Å². The highest BCUT2D eigenvalue weighted by Crippen LogP contribution is 2.26. The molecule has 2 rings (SSSR count). The van der Waals surface area contributed by atoms with E-state index in [0.29, 0.717) is 26.1 Å². The van der Waals surface area contributed by atoms with E-state index in [4.69, 9.17) is 10.5 Å². The monoisotopic (exact) mass is 283 g/mol. The van der Waals surface area contributed by atoms with Crippen LogP contribution in [0.25, 0.3) is 0 Å². The second-order valence-corrected chi connectivity index (χ2v) is 7.63. The van der Waals surface area contributed by atoms with Crippen molar-refractivity contribution in [3.63, 3.8) is 0 Å². The van der Waals surface area contributed by atoms with Crippen LogP contribution in [0.2, 0.25) is 0 Å². The van der Waals surface area contributed by atoms with Gasteiger partial charge in [-0.2, -0.15) is 0 Å². The Morgan fingerprint density at radius 1 is 1.21 bits per heavy atom. The van der Waals surface area contributed by atoms with Gasteiger partial charge >= 0.3 is 0 Å². The minimum Gasteiger partial charge on any atom is -0.381 e. The van der Waals surface area contributed by atoms with Crippen molar-refractivity contribution in [3.05, 3.63) is 35.9 Å². The maximum absolute atomic E-state index is 12.6. The third-order valence-electron chi connectivity index (χ3n) is 3.84. The third-order valence-corrected chi connectivity index (χ3v) is 6.57. The van der Waals surface area contributed by atoms with Gasteiger partial charge < -0.3 is 10.5 Å². The van der Waals surface area contributed by atoms with Gasteiger partial charge in [0, 0.05) is 19.3 Å². The Hall–Kier alpha value is -0.910. The predicted molar refractivity (Wildman–Crippen MR) is 75.6 cm³/mol. The van der Waals surface area contributed by atoms with Crippen LogP contribution in [0.5, 0.6) is 0 Å². The van der Waals surface area contributed by atoms with Crippen LogP contribution in [-0.4, -0.2) is 32.1 Å². The highest BCUT2D eigenvalue weighted by molar-refractivity contribution is 7.92. The Balaban J connectivity index is 2.15. The lowest BCUT2D eigenvalue weighted by Crippen LogP contribution is -2.40. The van der Waals surface area contributed by atoms with E-state index in [-0.39, 0.29) is 5.25 Å². The summed E-state index contributed by atoms with van der Waals surface area (Å²) in [5.74, 6) is 0. The number of hydrogen-bond donors (Lipinski definition) is 1. The van der Waals surface area contributed by atoms with Gasteiger partial charge in [0.1, 0.15) is 0 Å². The average molecular weight is 283 g/mol.